The van der Waals surface area contributed by atoms with Gasteiger partial charge in [0.2, 0.25) is 0 Å². The fraction of sp³-hybridized carbons (Fsp3) is 0. The largest absolute Gasteiger partial charge is 0.475 e. The van der Waals surface area contributed by atoms with Gasteiger partial charge >= 0.3 is 5.97 Å². The van der Waals surface area contributed by atoms with Crippen molar-refractivity contribution < 1.29 is 19.1 Å². The van der Waals surface area contributed by atoms with E-state index in [1.54, 1.807) is 0 Å². The van der Waals surface area contributed by atoms with Crippen LogP contribution in [0.15, 0.2) is 24.3 Å². The van der Waals surface area contributed by atoms with Crippen molar-refractivity contribution in [3.8, 4) is 0 Å². The zero-order chi connectivity index (χ0) is 11.4. The maximum Gasteiger partial charge on any atom is 0.376 e. The molecule has 0 aliphatic carbocycles. The number of carbonyl (C=O) groups excluding carboxylic acids is 1. The third-order valence-corrected chi connectivity index (χ3v) is 1.82. The topological polar surface area (TPSA) is 54.4 Å². The molecule has 1 aromatic rings. The van der Waals surface area contributed by atoms with Gasteiger partial charge in [0.1, 0.15) is 5.82 Å². The Balaban J connectivity index is 2.94. The Morgan fingerprint density at radius 2 is 2.07 bits per heavy atom. The van der Waals surface area contributed by atoms with Crippen LogP contribution in [0.1, 0.15) is 5.56 Å². The first-order chi connectivity index (χ1) is 7.00. The number of ketones is 1. The first kappa shape index (κ1) is 11.4. The summed E-state index contributed by atoms with van der Waals surface area (Å²) in [6.07, 6.45) is 1.84. The zero-order valence-corrected chi connectivity index (χ0v) is 8.16. The van der Waals surface area contributed by atoms with Crippen LogP contribution in [0.3, 0.4) is 0 Å². The Labute approximate surface area is 89.8 Å². The minimum Gasteiger partial charge on any atom is -0.475 e. The summed E-state index contributed by atoms with van der Waals surface area (Å²) in [7, 11) is 0. The van der Waals surface area contributed by atoms with Gasteiger partial charge in [0.25, 0.3) is 5.78 Å². The van der Waals surface area contributed by atoms with E-state index in [0.29, 0.717) is 5.02 Å². The van der Waals surface area contributed by atoms with Crippen LogP contribution in [0.4, 0.5) is 4.39 Å². The molecule has 0 heterocycles. The molecule has 0 fully saturated rings. The number of rotatable bonds is 3. The van der Waals surface area contributed by atoms with Gasteiger partial charge in [-0.1, -0.05) is 11.6 Å². The molecule has 15 heavy (non-hydrogen) atoms. The molecule has 0 amide bonds. The number of benzene rings is 1. The van der Waals surface area contributed by atoms with Crippen LogP contribution in [-0.2, 0) is 9.59 Å². The molecule has 5 heteroatoms. The molecule has 1 rings (SSSR count). The van der Waals surface area contributed by atoms with Gasteiger partial charge < -0.3 is 5.11 Å². The highest BCUT2D eigenvalue weighted by atomic mass is 35.5. The summed E-state index contributed by atoms with van der Waals surface area (Å²) >= 11 is 5.59. The number of hydrogen-bond acceptors (Lipinski definition) is 2. The summed E-state index contributed by atoms with van der Waals surface area (Å²) in [5, 5.41) is 8.57. The highest BCUT2D eigenvalue weighted by molar-refractivity contribution is 6.38. The van der Waals surface area contributed by atoms with E-state index >= 15 is 0 Å². The molecule has 0 aliphatic heterocycles. The molecule has 0 aromatic heterocycles. The van der Waals surface area contributed by atoms with E-state index in [-0.39, 0.29) is 5.56 Å². The second kappa shape index (κ2) is 4.70. The minimum absolute atomic E-state index is 0.0668. The lowest BCUT2D eigenvalue weighted by atomic mass is 10.2. The summed E-state index contributed by atoms with van der Waals surface area (Å²) in [6, 6.07) is 3.78. The lowest BCUT2D eigenvalue weighted by Crippen LogP contribution is -2.08. The van der Waals surface area contributed by atoms with Crippen LogP contribution in [0.25, 0.3) is 6.08 Å². The molecule has 0 saturated heterocycles. The van der Waals surface area contributed by atoms with E-state index in [0.717, 1.165) is 18.2 Å². The van der Waals surface area contributed by atoms with E-state index in [4.69, 9.17) is 16.7 Å². The first-order valence-corrected chi connectivity index (χ1v) is 4.29. The molecular formula is C10H6ClFO3. The Hall–Kier alpha value is -1.68. The van der Waals surface area contributed by atoms with Crippen LogP contribution in [0.5, 0.6) is 0 Å². The van der Waals surface area contributed by atoms with Gasteiger partial charge in [-0.3, -0.25) is 4.79 Å². The zero-order valence-electron chi connectivity index (χ0n) is 7.41. The quantitative estimate of drug-likeness (QED) is 0.637. The van der Waals surface area contributed by atoms with E-state index in [1.807, 2.05) is 0 Å². The van der Waals surface area contributed by atoms with Crippen molar-refractivity contribution in [3.05, 3.63) is 40.7 Å². The van der Waals surface area contributed by atoms with Gasteiger partial charge in [-0.05, 0) is 30.4 Å². The highest BCUT2D eigenvalue weighted by Gasteiger charge is 2.06. The molecule has 0 atom stereocenters. The van der Waals surface area contributed by atoms with Crippen LogP contribution in [0, 0.1) is 5.82 Å². The van der Waals surface area contributed by atoms with E-state index in [2.05, 4.69) is 0 Å². The lowest BCUT2D eigenvalue weighted by molar-refractivity contribution is -0.146. The fourth-order valence-corrected chi connectivity index (χ4v) is 1.06. The molecule has 1 aromatic carbocycles. The Bertz CT molecular complexity index is 440. The molecular weight excluding hydrogens is 223 g/mol. The molecule has 0 radical (unpaired) electrons. The number of aliphatic carboxylic acids is 1. The summed E-state index contributed by atoms with van der Waals surface area (Å²) in [4.78, 5) is 20.8. The SMILES string of the molecule is O=C(O)C(=O)/C=C/c1cc(Cl)ccc1F. The Morgan fingerprint density at radius 1 is 1.40 bits per heavy atom. The molecule has 0 bridgehead atoms. The standard InChI is InChI=1S/C10H6ClFO3/c11-7-2-3-8(12)6(5-7)1-4-9(13)10(14)15/h1-5H,(H,14,15)/b4-1+. The maximum atomic E-state index is 13.1. The smallest absolute Gasteiger partial charge is 0.376 e. The molecule has 1 N–H and O–H groups in total. The second-order valence-electron chi connectivity index (χ2n) is 2.67. The van der Waals surface area contributed by atoms with Crippen molar-refractivity contribution in [1.29, 1.82) is 0 Å². The van der Waals surface area contributed by atoms with Crippen LogP contribution in [-0.4, -0.2) is 16.9 Å². The summed E-state index contributed by atoms with van der Waals surface area (Å²) in [5.74, 6) is -3.28. The Kier molecular flexibility index (Phi) is 3.57. The molecule has 0 saturated carbocycles. The van der Waals surface area contributed by atoms with E-state index < -0.39 is 17.6 Å². The summed E-state index contributed by atoms with van der Waals surface area (Å²) in [5.41, 5.74) is 0.0668. The number of carboxylic acids is 1. The molecule has 0 aliphatic rings. The lowest BCUT2D eigenvalue weighted by Gasteiger charge is -1.96. The third-order valence-electron chi connectivity index (χ3n) is 1.58. The maximum absolute atomic E-state index is 13.1. The van der Waals surface area contributed by atoms with Crippen molar-refractivity contribution in [1.82, 2.24) is 0 Å². The van der Waals surface area contributed by atoms with Crippen molar-refractivity contribution in [3.63, 3.8) is 0 Å². The first-order valence-electron chi connectivity index (χ1n) is 3.91. The number of carboxylic acid groups (broad SMARTS) is 1. The van der Waals surface area contributed by atoms with Crippen molar-refractivity contribution in [2.24, 2.45) is 0 Å². The molecule has 0 spiro atoms. The molecule has 78 valence electrons. The summed E-state index contributed by atoms with van der Waals surface area (Å²) < 4.78 is 13.1. The van der Waals surface area contributed by atoms with Crippen LogP contribution in [0.2, 0.25) is 5.02 Å². The van der Waals surface area contributed by atoms with Gasteiger partial charge in [0.05, 0.1) is 0 Å². The Morgan fingerprint density at radius 3 is 2.67 bits per heavy atom. The second-order valence-corrected chi connectivity index (χ2v) is 3.11. The van der Waals surface area contributed by atoms with Crippen molar-refractivity contribution >= 4 is 29.4 Å². The van der Waals surface area contributed by atoms with Gasteiger partial charge in [-0.15, -0.1) is 0 Å². The number of hydrogen-bond donors (Lipinski definition) is 1. The van der Waals surface area contributed by atoms with E-state index in [1.165, 1.54) is 12.1 Å². The van der Waals surface area contributed by atoms with Crippen LogP contribution >= 0.6 is 11.6 Å². The molecule has 3 nitrogen and oxygen atoms in total. The van der Waals surface area contributed by atoms with Gasteiger partial charge in [0, 0.05) is 10.6 Å². The van der Waals surface area contributed by atoms with Crippen molar-refractivity contribution in [2.75, 3.05) is 0 Å². The van der Waals surface area contributed by atoms with Gasteiger partial charge in [-0.25, -0.2) is 9.18 Å². The van der Waals surface area contributed by atoms with Gasteiger partial charge in [-0.2, -0.15) is 0 Å². The minimum atomic E-state index is -1.59. The predicted molar refractivity (Wildman–Crippen MR) is 53.1 cm³/mol. The monoisotopic (exact) mass is 228 g/mol. The average Bonchev–Trinajstić information content (AvgIpc) is 2.18. The molecule has 0 unspecified atom stereocenters. The number of carbonyl (C=O) groups is 2. The van der Waals surface area contributed by atoms with E-state index in [9.17, 15) is 14.0 Å². The predicted octanol–water partition coefficient (Wildman–Crippen LogP) is 2.15. The van der Waals surface area contributed by atoms with Gasteiger partial charge in [0.15, 0.2) is 0 Å². The average molecular weight is 229 g/mol. The fourth-order valence-electron chi connectivity index (χ4n) is 0.879. The van der Waals surface area contributed by atoms with Crippen LogP contribution < -0.4 is 0 Å². The highest BCUT2D eigenvalue weighted by Crippen LogP contribution is 2.15. The van der Waals surface area contributed by atoms with Crippen molar-refractivity contribution in [2.45, 2.75) is 0 Å². The summed E-state index contributed by atoms with van der Waals surface area (Å²) in [6.45, 7) is 0. The normalized spacial score (nSPS) is 10.5. The number of halogens is 2. The third kappa shape index (κ3) is 3.18.